The summed E-state index contributed by atoms with van der Waals surface area (Å²) in [5.41, 5.74) is 3.92. The summed E-state index contributed by atoms with van der Waals surface area (Å²) in [5.74, 6) is -0.137. The highest BCUT2D eigenvalue weighted by molar-refractivity contribution is 5.82. The maximum absolute atomic E-state index is 13.6. The van der Waals surface area contributed by atoms with Crippen LogP contribution in [-0.4, -0.2) is 23.0 Å². The lowest BCUT2D eigenvalue weighted by atomic mass is 9.81. The topological polar surface area (TPSA) is 29.5 Å². The van der Waals surface area contributed by atoms with Gasteiger partial charge in [-0.1, -0.05) is 103 Å². The second-order valence-corrected chi connectivity index (χ2v) is 8.82. The normalized spacial score (nSPS) is 21.1. The van der Waals surface area contributed by atoms with Gasteiger partial charge in [-0.2, -0.15) is 0 Å². The van der Waals surface area contributed by atoms with E-state index < -0.39 is 5.54 Å². The standard InChI is InChI=1S/C29H31NO2/c1-23(2)18-19-29(20-24-12-6-3-7-13-24)28(31)32-22-27(26-16-10-5-11-17-26)30(29)21-25-14-8-4-9-15-25/h3-18,27H,19-22H2,1-2H3/t27-,29-/m0/s1. The van der Waals surface area contributed by atoms with Gasteiger partial charge < -0.3 is 4.74 Å². The van der Waals surface area contributed by atoms with E-state index in [-0.39, 0.29) is 12.0 Å². The van der Waals surface area contributed by atoms with E-state index in [1.54, 1.807) is 0 Å². The number of cyclic esters (lactones) is 1. The predicted molar refractivity (Wildman–Crippen MR) is 129 cm³/mol. The van der Waals surface area contributed by atoms with Crippen molar-refractivity contribution in [1.82, 2.24) is 4.90 Å². The van der Waals surface area contributed by atoms with Crippen LogP contribution in [0.1, 0.15) is 43.0 Å². The third kappa shape index (κ3) is 4.84. The summed E-state index contributed by atoms with van der Waals surface area (Å²) < 4.78 is 5.92. The lowest BCUT2D eigenvalue weighted by Gasteiger charge is -2.49. The van der Waals surface area contributed by atoms with E-state index in [4.69, 9.17) is 4.74 Å². The van der Waals surface area contributed by atoms with E-state index in [2.05, 4.69) is 85.5 Å². The Morgan fingerprint density at radius 2 is 1.47 bits per heavy atom. The van der Waals surface area contributed by atoms with Crippen LogP contribution in [0.4, 0.5) is 0 Å². The zero-order valence-corrected chi connectivity index (χ0v) is 18.9. The lowest BCUT2D eigenvalue weighted by molar-refractivity contribution is -0.177. The Bertz CT molecular complexity index is 1040. The lowest BCUT2D eigenvalue weighted by Crippen LogP contribution is -2.61. The van der Waals surface area contributed by atoms with Crippen LogP contribution in [0.15, 0.2) is 103 Å². The Labute approximate surface area is 191 Å². The molecule has 0 aromatic heterocycles. The van der Waals surface area contributed by atoms with E-state index in [1.807, 2.05) is 30.3 Å². The first-order valence-corrected chi connectivity index (χ1v) is 11.3. The van der Waals surface area contributed by atoms with Crippen LogP contribution < -0.4 is 0 Å². The average molecular weight is 426 g/mol. The number of rotatable bonds is 7. The summed E-state index contributed by atoms with van der Waals surface area (Å²) in [4.78, 5) is 16.0. The van der Waals surface area contributed by atoms with Gasteiger partial charge in [0.05, 0.1) is 6.04 Å². The van der Waals surface area contributed by atoms with E-state index in [1.165, 1.54) is 16.7 Å². The van der Waals surface area contributed by atoms with Gasteiger partial charge in [0.25, 0.3) is 0 Å². The van der Waals surface area contributed by atoms with Crippen molar-refractivity contribution >= 4 is 5.97 Å². The molecule has 0 bridgehead atoms. The summed E-state index contributed by atoms with van der Waals surface area (Å²) in [5, 5.41) is 0. The Morgan fingerprint density at radius 3 is 2.06 bits per heavy atom. The fourth-order valence-electron chi connectivity index (χ4n) is 4.54. The Morgan fingerprint density at radius 1 is 0.906 bits per heavy atom. The van der Waals surface area contributed by atoms with Crippen LogP contribution in [0.2, 0.25) is 0 Å². The summed E-state index contributed by atoms with van der Waals surface area (Å²) >= 11 is 0. The molecule has 3 aromatic carbocycles. The largest absolute Gasteiger partial charge is 0.462 e. The monoisotopic (exact) mass is 425 g/mol. The second-order valence-electron chi connectivity index (χ2n) is 8.82. The molecule has 0 saturated carbocycles. The van der Waals surface area contributed by atoms with Gasteiger partial charge in [-0.05, 0) is 37.0 Å². The Kier molecular flexibility index (Phi) is 6.87. The molecule has 0 spiro atoms. The first-order chi connectivity index (χ1) is 15.6. The Hall–Kier alpha value is -3.17. The number of carbonyl (C=O) groups excluding carboxylic acids is 1. The first kappa shape index (κ1) is 22.0. The number of hydrogen-bond donors (Lipinski definition) is 0. The highest BCUT2D eigenvalue weighted by Crippen LogP contribution is 2.40. The van der Waals surface area contributed by atoms with Crippen LogP contribution in [0.25, 0.3) is 0 Å². The molecule has 32 heavy (non-hydrogen) atoms. The van der Waals surface area contributed by atoms with Gasteiger partial charge in [0.2, 0.25) is 0 Å². The number of nitrogens with zero attached hydrogens (tertiary/aromatic N) is 1. The molecule has 4 rings (SSSR count). The predicted octanol–water partition coefficient (Wildman–Crippen LogP) is 6.12. The molecular weight excluding hydrogens is 394 g/mol. The van der Waals surface area contributed by atoms with Gasteiger partial charge in [0, 0.05) is 13.0 Å². The minimum absolute atomic E-state index is 0.0108. The molecule has 0 unspecified atom stereocenters. The molecular formula is C29H31NO2. The van der Waals surface area contributed by atoms with Gasteiger partial charge in [0.1, 0.15) is 12.1 Å². The third-order valence-electron chi connectivity index (χ3n) is 6.25. The van der Waals surface area contributed by atoms with Crippen LogP contribution in [0.3, 0.4) is 0 Å². The molecule has 1 fully saturated rings. The number of benzene rings is 3. The van der Waals surface area contributed by atoms with E-state index in [0.29, 0.717) is 26.0 Å². The summed E-state index contributed by atoms with van der Waals surface area (Å²) in [6.07, 6.45) is 3.39. The van der Waals surface area contributed by atoms with Crippen molar-refractivity contribution in [3.8, 4) is 0 Å². The van der Waals surface area contributed by atoms with Crippen molar-refractivity contribution in [1.29, 1.82) is 0 Å². The molecule has 2 atom stereocenters. The van der Waals surface area contributed by atoms with Gasteiger partial charge in [0.15, 0.2) is 0 Å². The molecule has 3 heteroatoms. The number of hydrogen-bond acceptors (Lipinski definition) is 3. The maximum Gasteiger partial charge on any atom is 0.327 e. The molecule has 1 aliphatic rings. The fourth-order valence-corrected chi connectivity index (χ4v) is 4.54. The van der Waals surface area contributed by atoms with E-state index in [9.17, 15) is 4.79 Å². The van der Waals surface area contributed by atoms with Gasteiger partial charge >= 0.3 is 5.97 Å². The summed E-state index contributed by atoms with van der Waals surface area (Å²) in [7, 11) is 0. The molecule has 0 radical (unpaired) electrons. The number of morpholine rings is 1. The van der Waals surface area contributed by atoms with E-state index >= 15 is 0 Å². The SMILES string of the molecule is CC(C)=CC[C@]1(Cc2ccccc2)C(=O)OC[C@@H](c2ccccc2)N1Cc1ccccc1. The van der Waals surface area contributed by atoms with Gasteiger partial charge in [-0.15, -0.1) is 0 Å². The molecule has 3 aromatic rings. The molecule has 0 aliphatic carbocycles. The fraction of sp³-hybridized carbons (Fsp3) is 0.276. The minimum atomic E-state index is -0.785. The van der Waals surface area contributed by atoms with Crippen molar-refractivity contribution in [2.24, 2.45) is 0 Å². The third-order valence-corrected chi connectivity index (χ3v) is 6.25. The quantitative estimate of drug-likeness (QED) is 0.337. The van der Waals surface area contributed by atoms with Crippen LogP contribution in [0, 0.1) is 0 Å². The summed E-state index contributed by atoms with van der Waals surface area (Å²) in [6.45, 7) is 5.21. The average Bonchev–Trinajstić information content (AvgIpc) is 2.82. The molecule has 164 valence electrons. The van der Waals surface area contributed by atoms with Crippen molar-refractivity contribution in [2.45, 2.75) is 44.8 Å². The number of esters is 1. The highest BCUT2D eigenvalue weighted by Gasteiger charge is 2.51. The number of allylic oxidation sites excluding steroid dienone is 1. The van der Waals surface area contributed by atoms with Crippen molar-refractivity contribution in [2.75, 3.05) is 6.61 Å². The van der Waals surface area contributed by atoms with Gasteiger partial charge in [-0.3, -0.25) is 9.69 Å². The smallest absolute Gasteiger partial charge is 0.327 e. The second kappa shape index (κ2) is 9.97. The molecule has 0 N–H and O–H groups in total. The first-order valence-electron chi connectivity index (χ1n) is 11.3. The zero-order valence-electron chi connectivity index (χ0n) is 18.9. The minimum Gasteiger partial charge on any atom is -0.462 e. The number of ether oxygens (including phenoxy) is 1. The number of carbonyl (C=O) groups is 1. The molecule has 0 amide bonds. The summed E-state index contributed by atoms with van der Waals surface area (Å²) in [6, 6.07) is 31.1. The van der Waals surface area contributed by atoms with Crippen LogP contribution >= 0.6 is 0 Å². The zero-order chi connectivity index (χ0) is 22.4. The Balaban J connectivity index is 1.84. The van der Waals surface area contributed by atoms with Crippen LogP contribution in [-0.2, 0) is 22.5 Å². The van der Waals surface area contributed by atoms with Gasteiger partial charge in [-0.25, -0.2) is 0 Å². The van der Waals surface area contributed by atoms with Crippen molar-refractivity contribution < 1.29 is 9.53 Å². The maximum atomic E-state index is 13.6. The molecule has 3 nitrogen and oxygen atoms in total. The molecule has 1 saturated heterocycles. The van der Waals surface area contributed by atoms with Crippen LogP contribution in [0.5, 0.6) is 0 Å². The molecule has 1 heterocycles. The van der Waals surface area contributed by atoms with Crippen molar-refractivity contribution in [3.05, 3.63) is 119 Å². The molecule has 1 aliphatic heterocycles. The van der Waals surface area contributed by atoms with E-state index in [0.717, 1.165) is 5.56 Å². The van der Waals surface area contributed by atoms with Crippen molar-refractivity contribution in [3.63, 3.8) is 0 Å². The highest BCUT2D eigenvalue weighted by atomic mass is 16.5.